The summed E-state index contributed by atoms with van der Waals surface area (Å²) in [6.45, 7) is 8.98. The van der Waals surface area contributed by atoms with Crippen molar-refractivity contribution < 1.29 is 19.1 Å². The van der Waals surface area contributed by atoms with Gasteiger partial charge in [0.25, 0.3) is 6.47 Å². The molecule has 2 rings (SSSR count). The van der Waals surface area contributed by atoms with Crippen molar-refractivity contribution in [3.05, 3.63) is 48.6 Å². The summed E-state index contributed by atoms with van der Waals surface area (Å²) in [5, 5.41) is 2.74. The fourth-order valence-corrected chi connectivity index (χ4v) is 1.99. The Morgan fingerprint density at radius 3 is 2.59 bits per heavy atom. The van der Waals surface area contributed by atoms with Crippen LogP contribution in [-0.2, 0) is 25.7 Å². The van der Waals surface area contributed by atoms with Crippen molar-refractivity contribution in [3.63, 3.8) is 0 Å². The van der Waals surface area contributed by atoms with Gasteiger partial charge in [-0.2, -0.15) is 0 Å². The van der Waals surface area contributed by atoms with Crippen molar-refractivity contribution in [2.45, 2.75) is 32.7 Å². The summed E-state index contributed by atoms with van der Waals surface area (Å²) in [7, 11) is 0. The molecule has 22 heavy (non-hydrogen) atoms. The van der Waals surface area contributed by atoms with Crippen LogP contribution in [0.4, 0.5) is 0 Å². The minimum absolute atomic E-state index is 0.0198. The Morgan fingerprint density at radius 2 is 2.05 bits per heavy atom. The van der Waals surface area contributed by atoms with Gasteiger partial charge in [0.15, 0.2) is 0 Å². The zero-order valence-electron chi connectivity index (χ0n) is 13.0. The Labute approximate surface area is 131 Å². The molecule has 1 aromatic carbocycles. The number of carbonyl (C=O) groups is 2. The largest absolute Gasteiger partial charge is 0.463 e. The van der Waals surface area contributed by atoms with Crippen molar-refractivity contribution in [3.8, 4) is 0 Å². The maximum atomic E-state index is 11.2. The number of benzene rings is 1. The second-order valence-corrected chi connectivity index (χ2v) is 5.14. The number of amides is 1. The SMILES string of the molecule is C=C[C@H]1CNC(=O)[C@@H]1OC(C)C.O=COCc1ccccc1. The van der Waals surface area contributed by atoms with E-state index in [4.69, 9.17) is 4.74 Å². The van der Waals surface area contributed by atoms with E-state index >= 15 is 0 Å². The normalized spacial score (nSPS) is 19.9. The lowest BCUT2D eigenvalue weighted by Crippen LogP contribution is -2.30. The summed E-state index contributed by atoms with van der Waals surface area (Å²) in [4.78, 5) is 21.0. The highest BCUT2D eigenvalue weighted by molar-refractivity contribution is 5.83. The Bertz CT molecular complexity index is 473. The van der Waals surface area contributed by atoms with Gasteiger partial charge in [0.1, 0.15) is 12.7 Å². The second-order valence-electron chi connectivity index (χ2n) is 5.14. The zero-order valence-corrected chi connectivity index (χ0v) is 13.0. The molecule has 2 atom stereocenters. The third kappa shape index (κ3) is 6.10. The van der Waals surface area contributed by atoms with E-state index in [0.717, 1.165) is 5.56 Å². The Hall–Kier alpha value is -2.14. The van der Waals surface area contributed by atoms with Crippen LogP contribution in [0.5, 0.6) is 0 Å². The first-order chi connectivity index (χ1) is 10.6. The van der Waals surface area contributed by atoms with Gasteiger partial charge < -0.3 is 14.8 Å². The van der Waals surface area contributed by atoms with Crippen LogP contribution in [0.2, 0.25) is 0 Å². The fourth-order valence-electron chi connectivity index (χ4n) is 1.99. The maximum Gasteiger partial charge on any atom is 0.293 e. The smallest absolute Gasteiger partial charge is 0.293 e. The van der Waals surface area contributed by atoms with Gasteiger partial charge in [0, 0.05) is 12.5 Å². The van der Waals surface area contributed by atoms with Crippen molar-refractivity contribution in [1.82, 2.24) is 5.32 Å². The van der Waals surface area contributed by atoms with Gasteiger partial charge in [0.05, 0.1) is 6.10 Å². The molecule has 120 valence electrons. The van der Waals surface area contributed by atoms with Gasteiger partial charge in [-0.3, -0.25) is 9.59 Å². The molecule has 0 radical (unpaired) electrons. The molecular weight excluding hydrogens is 282 g/mol. The average molecular weight is 305 g/mol. The summed E-state index contributed by atoms with van der Waals surface area (Å²) in [6, 6.07) is 9.55. The van der Waals surface area contributed by atoms with Crippen LogP contribution in [0.15, 0.2) is 43.0 Å². The van der Waals surface area contributed by atoms with Gasteiger partial charge in [0.2, 0.25) is 5.91 Å². The average Bonchev–Trinajstić information content (AvgIpc) is 2.87. The van der Waals surface area contributed by atoms with Crippen molar-refractivity contribution >= 4 is 12.4 Å². The Morgan fingerprint density at radius 1 is 1.36 bits per heavy atom. The zero-order chi connectivity index (χ0) is 16.4. The molecule has 1 aliphatic heterocycles. The highest BCUT2D eigenvalue weighted by atomic mass is 16.5. The monoisotopic (exact) mass is 305 g/mol. The molecule has 0 unspecified atom stereocenters. The molecule has 0 aliphatic carbocycles. The predicted molar refractivity (Wildman–Crippen MR) is 84.0 cm³/mol. The molecule has 1 fully saturated rings. The van der Waals surface area contributed by atoms with Crippen LogP contribution in [0.1, 0.15) is 19.4 Å². The van der Waals surface area contributed by atoms with Crippen LogP contribution in [-0.4, -0.2) is 31.1 Å². The molecule has 0 saturated carbocycles. The molecule has 1 aromatic rings. The van der Waals surface area contributed by atoms with Gasteiger partial charge in [-0.1, -0.05) is 36.4 Å². The molecule has 1 heterocycles. The van der Waals surface area contributed by atoms with E-state index < -0.39 is 0 Å². The van der Waals surface area contributed by atoms with Crippen LogP contribution in [0, 0.1) is 5.92 Å². The van der Waals surface area contributed by atoms with E-state index in [1.54, 1.807) is 6.08 Å². The maximum absolute atomic E-state index is 11.2. The first kappa shape index (κ1) is 17.9. The van der Waals surface area contributed by atoms with Crippen LogP contribution in [0.3, 0.4) is 0 Å². The molecule has 0 spiro atoms. The Balaban J connectivity index is 0.000000224. The summed E-state index contributed by atoms with van der Waals surface area (Å²) in [5.74, 6) is 0.105. The molecule has 1 N–H and O–H groups in total. The highest BCUT2D eigenvalue weighted by Crippen LogP contribution is 2.16. The van der Waals surface area contributed by atoms with E-state index in [9.17, 15) is 9.59 Å². The van der Waals surface area contributed by atoms with E-state index in [-0.39, 0.29) is 24.0 Å². The number of rotatable bonds is 6. The van der Waals surface area contributed by atoms with Crippen molar-refractivity contribution in [2.75, 3.05) is 6.54 Å². The third-order valence-electron chi connectivity index (χ3n) is 3.04. The molecule has 0 bridgehead atoms. The van der Waals surface area contributed by atoms with E-state index in [1.807, 2.05) is 44.2 Å². The quantitative estimate of drug-likeness (QED) is 0.645. The van der Waals surface area contributed by atoms with E-state index in [2.05, 4.69) is 16.6 Å². The predicted octanol–water partition coefficient (Wildman–Crippen LogP) is 2.07. The first-order valence-corrected chi connectivity index (χ1v) is 7.23. The van der Waals surface area contributed by atoms with Crippen LogP contribution < -0.4 is 5.32 Å². The lowest BCUT2D eigenvalue weighted by Gasteiger charge is -2.16. The topological polar surface area (TPSA) is 64.6 Å². The molecule has 0 aromatic heterocycles. The third-order valence-corrected chi connectivity index (χ3v) is 3.04. The summed E-state index contributed by atoms with van der Waals surface area (Å²) in [5.41, 5.74) is 1.01. The molecule has 1 amide bonds. The lowest BCUT2D eigenvalue weighted by atomic mass is 10.1. The number of hydrogen-bond donors (Lipinski definition) is 1. The number of nitrogens with one attached hydrogen (secondary N) is 1. The number of ether oxygens (including phenoxy) is 2. The highest BCUT2D eigenvalue weighted by Gasteiger charge is 2.33. The second kappa shape index (κ2) is 9.73. The summed E-state index contributed by atoms with van der Waals surface area (Å²) >= 11 is 0. The minimum Gasteiger partial charge on any atom is -0.463 e. The van der Waals surface area contributed by atoms with Gasteiger partial charge in [-0.25, -0.2) is 0 Å². The standard InChI is InChI=1S/C9H15NO2.C8H8O2/c1-4-7-5-10-9(11)8(7)12-6(2)3;9-7-10-6-8-4-2-1-3-5-8/h4,6-8H,1,5H2,2-3H3,(H,10,11);1-5,7H,6H2/t7-,8+;/m0./s1. The molecule has 1 saturated heterocycles. The Kier molecular flexibility index (Phi) is 7.92. The summed E-state index contributed by atoms with van der Waals surface area (Å²) < 4.78 is 9.98. The van der Waals surface area contributed by atoms with Gasteiger partial charge in [-0.05, 0) is 19.4 Å². The fraction of sp³-hybridized carbons (Fsp3) is 0.412. The van der Waals surface area contributed by atoms with E-state index in [0.29, 0.717) is 19.6 Å². The number of hydrogen-bond acceptors (Lipinski definition) is 4. The van der Waals surface area contributed by atoms with Crippen molar-refractivity contribution in [1.29, 1.82) is 0 Å². The molecular formula is C17H23NO4. The van der Waals surface area contributed by atoms with Crippen LogP contribution in [0.25, 0.3) is 0 Å². The van der Waals surface area contributed by atoms with Gasteiger partial charge in [-0.15, -0.1) is 6.58 Å². The van der Waals surface area contributed by atoms with Crippen LogP contribution >= 0.6 is 0 Å². The molecule has 5 heteroatoms. The van der Waals surface area contributed by atoms with Gasteiger partial charge >= 0.3 is 0 Å². The minimum atomic E-state index is -0.331. The number of carbonyl (C=O) groups excluding carboxylic acids is 2. The van der Waals surface area contributed by atoms with E-state index in [1.165, 1.54) is 0 Å². The first-order valence-electron chi connectivity index (χ1n) is 7.23. The van der Waals surface area contributed by atoms with Crippen molar-refractivity contribution in [2.24, 2.45) is 5.92 Å². The molecule has 5 nitrogen and oxygen atoms in total. The lowest BCUT2D eigenvalue weighted by molar-refractivity contribution is -0.132. The molecule has 1 aliphatic rings. The summed E-state index contributed by atoms with van der Waals surface area (Å²) in [6.07, 6.45) is 1.52.